The van der Waals surface area contributed by atoms with Crippen LogP contribution >= 0.6 is 0 Å². The fraction of sp³-hybridized carbons (Fsp3) is 0.167. The predicted octanol–water partition coefficient (Wildman–Crippen LogP) is 2.34. The number of hydrogen-bond acceptors (Lipinski definition) is 3. The smallest absolute Gasteiger partial charge is 0.347 e. The summed E-state index contributed by atoms with van der Waals surface area (Å²) in [6.07, 6.45) is 0.308. The quantitative estimate of drug-likeness (QED) is 0.702. The zero-order chi connectivity index (χ0) is 10.8. The van der Waals surface area contributed by atoms with Crippen LogP contribution in [0.25, 0.3) is 11.3 Å². The van der Waals surface area contributed by atoms with Gasteiger partial charge in [0.1, 0.15) is 11.3 Å². The molecule has 2 rings (SSSR count). The minimum Gasteiger partial charge on any atom is -0.422 e. The summed E-state index contributed by atoms with van der Waals surface area (Å²) in [7, 11) is 0. The van der Waals surface area contributed by atoms with Crippen molar-refractivity contribution in [1.29, 1.82) is 0 Å². The molecule has 0 radical (unpaired) electrons. The number of fused-ring (bicyclic) bond motifs is 1. The molecule has 0 unspecified atom stereocenters. The lowest BCUT2D eigenvalue weighted by molar-refractivity contribution is 0.0987. The first-order valence-electron chi connectivity index (χ1n) is 4.79. The standard InChI is InChI=1S/C12H10O3/c1-2-9(13)11-8-6-4-3-5-7-10(8)15-12(11)14/h3-7H,2H2,1H3. The summed E-state index contributed by atoms with van der Waals surface area (Å²) >= 11 is 0. The van der Waals surface area contributed by atoms with Gasteiger partial charge in [0, 0.05) is 12.0 Å². The minimum atomic E-state index is -0.539. The molecule has 1 heterocycles. The van der Waals surface area contributed by atoms with Gasteiger partial charge in [-0.3, -0.25) is 4.79 Å². The van der Waals surface area contributed by atoms with Gasteiger partial charge in [-0.1, -0.05) is 31.2 Å². The molecule has 2 aliphatic rings. The third kappa shape index (κ3) is 1.56. The molecule has 76 valence electrons. The Hall–Kier alpha value is -1.90. The summed E-state index contributed by atoms with van der Waals surface area (Å²) in [5, 5.41) is 0. The summed E-state index contributed by atoms with van der Waals surface area (Å²) in [5.41, 5.74) is 0.226. The molecule has 0 aromatic heterocycles. The lowest BCUT2D eigenvalue weighted by Gasteiger charge is -1.92. The molecule has 0 saturated carbocycles. The molecule has 0 amide bonds. The first-order chi connectivity index (χ1) is 7.24. The molecular formula is C12H10O3. The van der Waals surface area contributed by atoms with Crippen molar-refractivity contribution in [1.82, 2.24) is 0 Å². The molecule has 0 atom stereocenters. The van der Waals surface area contributed by atoms with Crippen LogP contribution in [0.4, 0.5) is 0 Å². The Labute approximate surface area is 86.7 Å². The van der Waals surface area contributed by atoms with Crippen LogP contribution in [0.2, 0.25) is 0 Å². The van der Waals surface area contributed by atoms with E-state index in [1.165, 1.54) is 0 Å². The number of furan rings is 1. The predicted molar refractivity (Wildman–Crippen MR) is 56.2 cm³/mol. The topological polar surface area (TPSA) is 47.3 Å². The fourth-order valence-electron chi connectivity index (χ4n) is 1.53. The number of rotatable bonds is 2. The highest BCUT2D eigenvalue weighted by molar-refractivity contribution is 6.01. The lowest BCUT2D eigenvalue weighted by atomic mass is 10.1. The van der Waals surface area contributed by atoms with E-state index in [4.69, 9.17) is 4.42 Å². The molecule has 0 N–H and O–H groups in total. The Morgan fingerprint density at radius 3 is 2.73 bits per heavy atom. The summed E-state index contributed by atoms with van der Waals surface area (Å²) in [6.45, 7) is 1.73. The zero-order valence-corrected chi connectivity index (χ0v) is 8.32. The van der Waals surface area contributed by atoms with Crippen LogP contribution in [-0.2, 0) is 0 Å². The molecule has 3 heteroatoms. The van der Waals surface area contributed by atoms with Crippen molar-refractivity contribution in [3.05, 3.63) is 46.3 Å². The molecule has 0 fully saturated rings. The molecule has 1 aliphatic heterocycles. The van der Waals surface area contributed by atoms with Crippen LogP contribution < -0.4 is 5.63 Å². The molecule has 0 bridgehead atoms. The maximum atomic E-state index is 11.6. The second kappa shape index (κ2) is 3.69. The second-order valence-electron chi connectivity index (χ2n) is 3.23. The number of carbonyl (C=O) groups is 1. The number of hydrogen-bond donors (Lipinski definition) is 0. The van der Waals surface area contributed by atoms with Crippen LogP contribution in [0.5, 0.6) is 0 Å². The summed E-state index contributed by atoms with van der Waals surface area (Å²) < 4.78 is 5.01. The van der Waals surface area contributed by atoms with Crippen molar-refractivity contribution >= 4 is 5.78 Å². The molecular weight excluding hydrogens is 192 g/mol. The third-order valence-electron chi connectivity index (χ3n) is 2.27. The van der Waals surface area contributed by atoms with Crippen LogP contribution in [-0.4, -0.2) is 5.78 Å². The molecule has 0 aromatic rings. The summed E-state index contributed by atoms with van der Waals surface area (Å²) in [6, 6.07) is 8.78. The van der Waals surface area contributed by atoms with Gasteiger partial charge in [0.15, 0.2) is 5.78 Å². The Morgan fingerprint density at radius 1 is 1.27 bits per heavy atom. The Kier molecular flexibility index (Phi) is 2.37. The Morgan fingerprint density at radius 2 is 2.00 bits per heavy atom. The summed E-state index contributed by atoms with van der Waals surface area (Å²) in [4.78, 5) is 23.0. The van der Waals surface area contributed by atoms with E-state index in [1.54, 1.807) is 31.2 Å². The largest absolute Gasteiger partial charge is 0.422 e. The highest BCUT2D eigenvalue weighted by Crippen LogP contribution is 2.23. The number of ketones is 1. The first-order valence-corrected chi connectivity index (χ1v) is 4.79. The van der Waals surface area contributed by atoms with Gasteiger partial charge in [-0.15, -0.1) is 0 Å². The normalized spacial score (nSPS) is 10.5. The molecule has 0 aromatic carbocycles. The van der Waals surface area contributed by atoms with Crippen molar-refractivity contribution < 1.29 is 9.21 Å². The SMILES string of the molecule is CCC(=O)c1c2cccccc-2oc1=O. The van der Waals surface area contributed by atoms with Crippen molar-refractivity contribution in [3.8, 4) is 11.3 Å². The zero-order valence-electron chi connectivity index (χ0n) is 8.32. The van der Waals surface area contributed by atoms with Crippen molar-refractivity contribution in [3.63, 3.8) is 0 Å². The van der Waals surface area contributed by atoms with Crippen LogP contribution in [0.15, 0.2) is 39.5 Å². The monoisotopic (exact) mass is 202 g/mol. The Balaban J connectivity index is 2.74. The third-order valence-corrected chi connectivity index (χ3v) is 2.27. The van der Waals surface area contributed by atoms with Gasteiger partial charge in [0.25, 0.3) is 0 Å². The van der Waals surface area contributed by atoms with E-state index in [2.05, 4.69) is 0 Å². The molecule has 15 heavy (non-hydrogen) atoms. The first kappa shape index (κ1) is 9.65. The molecule has 1 aliphatic carbocycles. The fourth-order valence-corrected chi connectivity index (χ4v) is 1.53. The van der Waals surface area contributed by atoms with Gasteiger partial charge < -0.3 is 4.42 Å². The average molecular weight is 202 g/mol. The van der Waals surface area contributed by atoms with Crippen LogP contribution in [0, 0.1) is 0 Å². The van der Waals surface area contributed by atoms with E-state index in [0.29, 0.717) is 17.7 Å². The Bertz CT molecular complexity index is 525. The highest BCUT2D eigenvalue weighted by Gasteiger charge is 2.20. The van der Waals surface area contributed by atoms with Gasteiger partial charge in [-0.2, -0.15) is 0 Å². The van der Waals surface area contributed by atoms with Gasteiger partial charge in [-0.05, 0) is 6.07 Å². The molecule has 3 nitrogen and oxygen atoms in total. The maximum absolute atomic E-state index is 11.6. The second-order valence-corrected chi connectivity index (χ2v) is 3.23. The van der Waals surface area contributed by atoms with Gasteiger partial charge in [-0.25, -0.2) is 4.79 Å². The van der Waals surface area contributed by atoms with Gasteiger partial charge in [0.05, 0.1) is 0 Å². The highest BCUT2D eigenvalue weighted by atomic mass is 16.4. The molecule has 0 spiro atoms. The van der Waals surface area contributed by atoms with Gasteiger partial charge >= 0.3 is 5.63 Å². The van der Waals surface area contributed by atoms with Crippen LogP contribution in [0.3, 0.4) is 0 Å². The van der Waals surface area contributed by atoms with E-state index in [-0.39, 0.29) is 11.3 Å². The number of carbonyl (C=O) groups excluding carboxylic acids is 1. The van der Waals surface area contributed by atoms with E-state index in [0.717, 1.165) is 0 Å². The minimum absolute atomic E-state index is 0.170. The van der Waals surface area contributed by atoms with E-state index in [1.807, 2.05) is 6.07 Å². The van der Waals surface area contributed by atoms with E-state index < -0.39 is 5.63 Å². The lowest BCUT2D eigenvalue weighted by Crippen LogP contribution is -2.08. The van der Waals surface area contributed by atoms with Gasteiger partial charge in [0.2, 0.25) is 0 Å². The van der Waals surface area contributed by atoms with E-state index in [9.17, 15) is 9.59 Å². The summed E-state index contributed by atoms with van der Waals surface area (Å²) in [5.74, 6) is 0.284. The average Bonchev–Trinajstić information content (AvgIpc) is 2.40. The number of Topliss-reactive ketones (excluding diaryl/α,β-unsaturated/α-hetero) is 1. The van der Waals surface area contributed by atoms with Crippen molar-refractivity contribution in [2.75, 3.05) is 0 Å². The molecule has 0 saturated heterocycles. The van der Waals surface area contributed by atoms with Crippen LogP contribution in [0.1, 0.15) is 23.7 Å². The maximum Gasteiger partial charge on any atom is 0.347 e. The van der Waals surface area contributed by atoms with Crippen molar-refractivity contribution in [2.45, 2.75) is 13.3 Å². The van der Waals surface area contributed by atoms with E-state index >= 15 is 0 Å². The van der Waals surface area contributed by atoms with Crippen molar-refractivity contribution in [2.24, 2.45) is 0 Å².